The highest BCUT2D eigenvalue weighted by Crippen LogP contribution is 2.40. The van der Waals surface area contributed by atoms with Crippen molar-refractivity contribution >= 4 is 33.8 Å². The molecule has 8 heteroatoms. The predicted octanol–water partition coefficient (Wildman–Crippen LogP) is 3.72. The Labute approximate surface area is 145 Å². The third kappa shape index (κ3) is 1.76. The van der Waals surface area contributed by atoms with Gasteiger partial charge in [-0.25, -0.2) is 9.97 Å². The summed E-state index contributed by atoms with van der Waals surface area (Å²) in [6.07, 6.45) is 7.62. The molecule has 0 bridgehead atoms. The molecule has 1 aliphatic rings. The number of halogens is 1. The van der Waals surface area contributed by atoms with Gasteiger partial charge in [0.05, 0.1) is 15.9 Å². The molecule has 0 spiro atoms. The van der Waals surface area contributed by atoms with E-state index in [-0.39, 0.29) is 0 Å². The third-order valence-electron chi connectivity index (χ3n) is 4.67. The number of imidazole rings is 2. The van der Waals surface area contributed by atoms with Crippen LogP contribution in [0, 0.1) is 0 Å². The van der Waals surface area contributed by atoms with E-state index in [1.807, 2.05) is 33.2 Å². The van der Waals surface area contributed by atoms with Crippen LogP contribution < -0.4 is 0 Å². The monoisotopic (exact) mass is 350 g/mol. The Balaban J connectivity index is 1.74. The van der Waals surface area contributed by atoms with Gasteiger partial charge in [0.1, 0.15) is 12.0 Å². The highest BCUT2D eigenvalue weighted by Gasteiger charge is 2.30. The van der Waals surface area contributed by atoms with E-state index >= 15 is 0 Å². The van der Waals surface area contributed by atoms with Gasteiger partial charge in [-0.3, -0.25) is 8.80 Å². The normalized spacial score (nSPS) is 14.9. The molecule has 0 radical (unpaired) electrons. The third-order valence-corrected chi connectivity index (χ3v) is 4.98. The van der Waals surface area contributed by atoms with Crippen molar-refractivity contribution in [1.82, 2.24) is 28.9 Å². The van der Waals surface area contributed by atoms with Gasteiger partial charge in [0.2, 0.25) is 11.7 Å². The Kier molecular flexibility index (Phi) is 2.45. The van der Waals surface area contributed by atoms with E-state index < -0.39 is 0 Å². The van der Waals surface area contributed by atoms with Crippen molar-refractivity contribution in [2.75, 3.05) is 0 Å². The zero-order chi connectivity index (χ0) is 16.5. The van der Waals surface area contributed by atoms with Crippen molar-refractivity contribution in [2.45, 2.75) is 18.8 Å². The van der Waals surface area contributed by atoms with Crippen molar-refractivity contribution in [2.24, 2.45) is 0 Å². The van der Waals surface area contributed by atoms with Crippen LogP contribution in [0.2, 0.25) is 5.02 Å². The smallest absolute Gasteiger partial charge is 0.230 e. The van der Waals surface area contributed by atoms with E-state index in [2.05, 4.69) is 20.1 Å². The van der Waals surface area contributed by atoms with Gasteiger partial charge >= 0.3 is 0 Å². The number of aromatic nitrogens is 6. The number of hydrogen-bond donors (Lipinski definition) is 0. The summed E-state index contributed by atoms with van der Waals surface area (Å²) in [7, 11) is 0. The van der Waals surface area contributed by atoms with E-state index in [4.69, 9.17) is 16.1 Å². The van der Waals surface area contributed by atoms with Crippen LogP contribution in [0.25, 0.3) is 33.7 Å². The molecule has 6 rings (SSSR count). The van der Waals surface area contributed by atoms with Crippen molar-refractivity contribution < 1.29 is 4.52 Å². The maximum atomic E-state index is 6.44. The fraction of sp³-hybridized carbons (Fsp3) is 0.176. The van der Waals surface area contributed by atoms with Gasteiger partial charge < -0.3 is 4.52 Å². The summed E-state index contributed by atoms with van der Waals surface area (Å²) in [5.74, 6) is 1.60. The Hall–Kier alpha value is -2.93. The highest BCUT2D eigenvalue weighted by molar-refractivity contribution is 6.36. The predicted molar refractivity (Wildman–Crippen MR) is 91.7 cm³/mol. The summed E-state index contributed by atoms with van der Waals surface area (Å²) in [5.41, 5.74) is 3.22. The molecule has 4 heterocycles. The molecule has 0 atom stereocenters. The van der Waals surface area contributed by atoms with Gasteiger partial charge in [0, 0.05) is 18.3 Å². The molecule has 0 N–H and O–H groups in total. The van der Waals surface area contributed by atoms with Crippen LogP contribution >= 0.6 is 11.6 Å². The van der Waals surface area contributed by atoms with E-state index in [1.165, 1.54) is 0 Å². The Morgan fingerprint density at radius 3 is 2.96 bits per heavy atom. The molecular weight excluding hydrogens is 340 g/mol. The van der Waals surface area contributed by atoms with Gasteiger partial charge in [0.25, 0.3) is 0 Å². The van der Waals surface area contributed by atoms with Crippen LogP contribution in [0.15, 0.2) is 41.4 Å². The van der Waals surface area contributed by atoms with Gasteiger partial charge in [-0.15, -0.1) is 0 Å². The first kappa shape index (κ1) is 13.4. The number of rotatable bonds is 2. The minimum absolute atomic E-state index is 0.406. The number of fused-ring (bicyclic) bond motifs is 6. The van der Waals surface area contributed by atoms with Crippen LogP contribution in [0.4, 0.5) is 0 Å². The SMILES string of the molecule is Clc1cccc2c1c1nccn1c1c(-c3noc(C4CC4)n3)ncn21. The Morgan fingerprint density at radius 1 is 1.16 bits per heavy atom. The Morgan fingerprint density at radius 2 is 2.08 bits per heavy atom. The average Bonchev–Trinajstić information content (AvgIpc) is 3.03. The molecule has 1 aromatic carbocycles. The second kappa shape index (κ2) is 4.58. The molecule has 7 nitrogen and oxygen atoms in total. The van der Waals surface area contributed by atoms with Crippen molar-refractivity contribution in [3.63, 3.8) is 0 Å². The van der Waals surface area contributed by atoms with Gasteiger partial charge in [0.15, 0.2) is 11.3 Å². The average molecular weight is 351 g/mol. The lowest BCUT2D eigenvalue weighted by atomic mass is 10.2. The van der Waals surface area contributed by atoms with Gasteiger partial charge in [-0.05, 0) is 25.0 Å². The summed E-state index contributed by atoms with van der Waals surface area (Å²) >= 11 is 6.44. The first-order chi connectivity index (χ1) is 12.3. The van der Waals surface area contributed by atoms with Crippen molar-refractivity contribution in [1.29, 1.82) is 0 Å². The van der Waals surface area contributed by atoms with E-state index in [9.17, 15) is 0 Å². The van der Waals surface area contributed by atoms with E-state index in [1.54, 1.807) is 12.5 Å². The molecule has 0 amide bonds. The molecule has 5 aromatic rings. The molecule has 122 valence electrons. The Bertz CT molecular complexity index is 1280. The fourth-order valence-electron chi connectivity index (χ4n) is 3.33. The number of benzene rings is 1. The molecule has 4 aromatic heterocycles. The molecule has 0 unspecified atom stereocenters. The quantitative estimate of drug-likeness (QED) is 0.485. The molecule has 1 saturated carbocycles. The molecule has 0 saturated heterocycles. The molecule has 0 aliphatic heterocycles. The number of hydrogen-bond acceptors (Lipinski definition) is 5. The molecular formula is C17H11ClN6O. The van der Waals surface area contributed by atoms with Crippen LogP contribution in [0.3, 0.4) is 0 Å². The maximum Gasteiger partial charge on any atom is 0.230 e. The highest BCUT2D eigenvalue weighted by atomic mass is 35.5. The molecule has 1 fully saturated rings. The van der Waals surface area contributed by atoms with Crippen molar-refractivity contribution in [3.05, 3.63) is 47.8 Å². The van der Waals surface area contributed by atoms with Gasteiger partial charge in [-0.2, -0.15) is 4.98 Å². The van der Waals surface area contributed by atoms with Gasteiger partial charge in [-0.1, -0.05) is 22.8 Å². The second-order valence-electron chi connectivity index (χ2n) is 6.27. The summed E-state index contributed by atoms with van der Waals surface area (Å²) < 4.78 is 9.35. The number of nitrogens with zero attached hydrogens (tertiary/aromatic N) is 6. The summed E-state index contributed by atoms with van der Waals surface area (Å²) in [6, 6.07) is 5.78. The topological polar surface area (TPSA) is 73.5 Å². The first-order valence-corrected chi connectivity index (χ1v) is 8.43. The van der Waals surface area contributed by atoms with Crippen LogP contribution in [-0.2, 0) is 0 Å². The van der Waals surface area contributed by atoms with Crippen LogP contribution in [-0.4, -0.2) is 28.9 Å². The van der Waals surface area contributed by atoms with E-state index in [0.29, 0.717) is 28.3 Å². The maximum absolute atomic E-state index is 6.44. The second-order valence-corrected chi connectivity index (χ2v) is 6.68. The van der Waals surface area contributed by atoms with Crippen LogP contribution in [0.5, 0.6) is 0 Å². The van der Waals surface area contributed by atoms with E-state index in [0.717, 1.165) is 35.0 Å². The summed E-state index contributed by atoms with van der Waals surface area (Å²) in [5, 5.41) is 5.68. The molecule has 25 heavy (non-hydrogen) atoms. The fourth-order valence-corrected chi connectivity index (χ4v) is 3.58. The zero-order valence-corrected chi connectivity index (χ0v) is 13.7. The minimum atomic E-state index is 0.406. The molecule has 1 aliphatic carbocycles. The standard InChI is InChI=1S/C17H11ClN6O/c18-10-2-1-3-11-12(10)15-19-6-7-23(15)17-13(20-8-24(11)17)14-21-16(25-22-14)9-4-5-9/h1-3,6-9H,4-5H2. The summed E-state index contributed by atoms with van der Waals surface area (Å²) in [4.78, 5) is 13.6. The lowest BCUT2D eigenvalue weighted by Crippen LogP contribution is -1.97. The first-order valence-electron chi connectivity index (χ1n) is 8.05. The van der Waals surface area contributed by atoms with Crippen molar-refractivity contribution in [3.8, 4) is 11.5 Å². The zero-order valence-electron chi connectivity index (χ0n) is 12.9. The minimum Gasteiger partial charge on any atom is -0.339 e. The largest absolute Gasteiger partial charge is 0.339 e. The summed E-state index contributed by atoms with van der Waals surface area (Å²) in [6.45, 7) is 0. The van der Waals surface area contributed by atoms with Crippen LogP contribution in [0.1, 0.15) is 24.7 Å². The lowest BCUT2D eigenvalue weighted by Gasteiger charge is -2.08. The lowest BCUT2D eigenvalue weighted by molar-refractivity contribution is 0.380.